The summed E-state index contributed by atoms with van der Waals surface area (Å²) in [5, 5.41) is 0. The number of benzene rings is 1. The van der Waals surface area contributed by atoms with Crippen LogP contribution < -0.4 is 9.64 Å². The summed E-state index contributed by atoms with van der Waals surface area (Å²) in [7, 11) is 1.81. The number of anilines is 1. The van der Waals surface area contributed by atoms with Crippen molar-refractivity contribution in [2.75, 3.05) is 18.6 Å². The molecule has 0 saturated heterocycles. The molecule has 1 aliphatic heterocycles. The third-order valence-corrected chi connectivity index (χ3v) is 2.96. The Balaban J connectivity index is 2.46. The standard InChI is InChI=1S/C13H17NO2/c1-9(2)10-4-5-12-11(8-10)14(3)13(15)6-7-16-12/h4-5,8-9H,6-7H2,1-3H3. The summed E-state index contributed by atoms with van der Waals surface area (Å²) in [5.41, 5.74) is 2.11. The first kappa shape index (κ1) is 11.0. The molecule has 1 aromatic carbocycles. The van der Waals surface area contributed by atoms with Gasteiger partial charge in [-0.2, -0.15) is 0 Å². The van der Waals surface area contributed by atoms with Crippen molar-refractivity contribution in [3.63, 3.8) is 0 Å². The Kier molecular flexibility index (Phi) is 2.86. The number of hydrogen-bond donors (Lipinski definition) is 0. The Bertz CT molecular complexity index is 412. The molecule has 0 aliphatic carbocycles. The molecule has 1 heterocycles. The van der Waals surface area contributed by atoms with E-state index >= 15 is 0 Å². The lowest BCUT2D eigenvalue weighted by atomic mass is 10.0. The largest absolute Gasteiger partial charge is 0.491 e. The van der Waals surface area contributed by atoms with E-state index in [1.54, 1.807) is 11.9 Å². The average Bonchev–Trinajstić information content (AvgIpc) is 2.40. The molecule has 0 bridgehead atoms. The predicted octanol–water partition coefficient (Wildman–Crippen LogP) is 2.56. The van der Waals surface area contributed by atoms with E-state index in [2.05, 4.69) is 19.9 Å². The first-order valence-corrected chi connectivity index (χ1v) is 5.63. The van der Waals surface area contributed by atoms with E-state index in [0.717, 1.165) is 11.4 Å². The summed E-state index contributed by atoms with van der Waals surface area (Å²) in [5.74, 6) is 1.37. The summed E-state index contributed by atoms with van der Waals surface area (Å²) < 4.78 is 5.56. The molecule has 0 radical (unpaired) electrons. The normalized spacial score (nSPS) is 15.8. The van der Waals surface area contributed by atoms with Crippen LogP contribution in [0.25, 0.3) is 0 Å². The van der Waals surface area contributed by atoms with E-state index in [4.69, 9.17) is 4.74 Å². The highest BCUT2D eigenvalue weighted by atomic mass is 16.5. The number of carbonyl (C=O) groups excluding carboxylic acids is 1. The Labute approximate surface area is 96.0 Å². The highest BCUT2D eigenvalue weighted by Crippen LogP contribution is 2.33. The van der Waals surface area contributed by atoms with Crippen LogP contribution in [0.3, 0.4) is 0 Å². The molecular weight excluding hydrogens is 202 g/mol. The maximum absolute atomic E-state index is 11.7. The van der Waals surface area contributed by atoms with E-state index in [1.165, 1.54) is 5.56 Å². The zero-order valence-electron chi connectivity index (χ0n) is 9.99. The molecule has 1 amide bonds. The Hall–Kier alpha value is -1.51. The first-order chi connectivity index (χ1) is 7.59. The quantitative estimate of drug-likeness (QED) is 0.726. The molecule has 1 aliphatic rings. The van der Waals surface area contributed by atoms with E-state index in [1.807, 2.05) is 12.1 Å². The second-order valence-corrected chi connectivity index (χ2v) is 4.43. The lowest BCUT2D eigenvalue weighted by Gasteiger charge is -2.18. The van der Waals surface area contributed by atoms with Gasteiger partial charge in [-0.3, -0.25) is 4.79 Å². The van der Waals surface area contributed by atoms with E-state index in [-0.39, 0.29) is 5.91 Å². The van der Waals surface area contributed by atoms with Gasteiger partial charge in [0.2, 0.25) is 5.91 Å². The van der Waals surface area contributed by atoms with Gasteiger partial charge >= 0.3 is 0 Å². The van der Waals surface area contributed by atoms with Crippen molar-refractivity contribution < 1.29 is 9.53 Å². The van der Waals surface area contributed by atoms with Crippen LogP contribution in [0.5, 0.6) is 5.75 Å². The van der Waals surface area contributed by atoms with Crippen LogP contribution in [0.15, 0.2) is 18.2 Å². The molecule has 1 aromatic rings. The minimum Gasteiger partial charge on any atom is -0.491 e. The molecule has 2 rings (SSSR count). The van der Waals surface area contributed by atoms with Gasteiger partial charge in [0.25, 0.3) is 0 Å². The van der Waals surface area contributed by atoms with E-state index in [9.17, 15) is 4.79 Å². The number of amides is 1. The van der Waals surface area contributed by atoms with Gasteiger partial charge in [0, 0.05) is 7.05 Å². The number of carbonyl (C=O) groups is 1. The van der Waals surface area contributed by atoms with Crippen LogP contribution in [0.2, 0.25) is 0 Å². The predicted molar refractivity (Wildman–Crippen MR) is 64.1 cm³/mol. The third kappa shape index (κ3) is 1.90. The molecule has 0 saturated carbocycles. The SMILES string of the molecule is CC(C)c1ccc2c(c1)N(C)C(=O)CCO2. The molecule has 0 N–H and O–H groups in total. The molecule has 86 valence electrons. The maximum Gasteiger partial charge on any atom is 0.230 e. The van der Waals surface area contributed by atoms with Crippen LogP contribution in [-0.4, -0.2) is 19.6 Å². The summed E-state index contributed by atoms with van der Waals surface area (Å²) in [4.78, 5) is 13.4. The smallest absolute Gasteiger partial charge is 0.230 e. The van der Waals surface area contributed by atoms with Gasteiger partial charge in [0.15, 0.2) is 0 Å². The van der Waals surface area contributed by atoms with Gasteiger partial charge in [-0.05, 0) is 23.6 Å². The van der Waals surface area contributed by atoms with Crippen LogP contribution in [0, 0.1) is 0 Å². The van der Waals surface area contributed by atoms with Gasteiger partial charge in [0.1, 0.15) is 5.75 Å². The molecule has 0 spiro atoms. The summed E-state index contributed by atoms with van der Waals surface area (Å²) in [6.07, 6.45) is 0.447. The van der Waals surface area contributed by atoms with Gasteiger partial charge in [0.05, 0.1) is 18.7 Å². The number of ether oxygens (including phenoxy) is 1. The van der Waals surface area contributed by atoms with Crippen LogP contribution in [0.4, 0.5) is 5.69 Å². The highest BCUT2D eigenvalue weighted by molar-refractivity contribution is 5.95. The fourth-order valence-corrected chi connectivity index (χ4v) is 1.83. The zero-order chi connectivity index (χ0) is 11.7. The average molecular weight is 219 g/mol. The van der Waals surface area contributed by atoms with Crippen molar-refractivity contribution >= 4 is 11.6 Å². The van der Waals surface area contributed by atoms with E-state index in [0.29, 0.717) is 18.9 Å². The van der Waals surface area contributed by atoms with Crippen LogP contribution >= 0.6 is 0 Å². The summed E-state index contributed by atoms with van der Waals surface area (Å²) in [6.45, 7) is 4.75. The molecule has 3 heteroatoms. The number of fused-ring (bicyclic) bond motifs is 1. The van der Waals surface area contributed by atoms with Gasteiger partial charge in [-0.25, -0.2) is 0 Å². The zero-order valence-corrected chi connectivity index (χ0v) is 9.99. The molecule has 0 fully saturated rings. The summed E-state index contributed by atoms with van der Waals surface area (Å²) >= 11 is 0. The van der Waals surface area contributed by atoms with Crippen molar-refractivity contribution in [3.05, 3.63) is 23.8 Å². The van der Waals surface area contributed by atoms with Gasteiger partial charge in [-0.1, -0.05) is 19.9 Å². The highest BCUT2D eigenvalue weighted by Gasteiger charge is 2.20. The summed E-state index contributed by atoms with van der Waals surface area (Å²) in [6, 6.07) is 6.07. The number of rotatable bonds is 1. The molecule has 16 heavy (non-hydrogen) atoms. The van der Waals surface area contributed by atoms with Gasteiger partial charge in [-0.15, -0.1) is 0 Å². The number of hydrogen-bond acceptors (Lipinski definition) is 2. The van der Waals surface area contributed by atoms with Crippen molar-refractivity contribution in [1.29, 1.82) is 0 Å². The minimum absolute atomic E-state index is 0.111. The lowest BCUT2D eigenvalue weighted by Crippen LogP contribution is -2.25. The Morgan fingerprint density at radius 1 is 1.38 bits per heavy atom. The first-order valence-electron chi connectivity index (χ1n) is 5.63. The molecule has 0 unspecified atom stereocenters. The van der Waals surface area contributed by atoms with Crippen molar-refractivity contribution in [1.82, 2.24) is 0 Å². The topological polar surface area (TPSA) is 29.5 Å². The fraction of sp³-hybridized carbons (Fsp3) is 0.462. The second-order valence-electron chi connectivity index (χ2n) is 4.43. The molecule has 0 atom stereocenters. The second kappa shape index (κ2) is 4.16. The fourth-order valence-electron chi connectivity index (χ4n) is 1.83. The van der Waals surface area contributed by atoms with Crippen molar-refractivity contribution in [2.45, 2.75) is 26.2 Å². The lowest BCUT2D eigenvalue weighted by molar-refractivity contribution is -0.118. The Morgan fingerprint density at radius 2 is 2.12 bits per heavy atom. The van der Waals surface area contributed by atoms with E-state index < -0.39 is 0 Å². The maximum atomic E-state index is 11.7. The molecule has 3 nitrogen and oxygen atoms in total. The monoisotopic (exact) mass is 219 g/mol. The number of nitrogens with zero attached hydrogens (tertiary/aromatic N) is 1. The molecule has 0 aromatic heterocycles. The van der Waals surface area contributed by atoms with Crippen molar-refractivity contribution in [3.8, 4) is 5.75 Å². The van der Waals surface area contributed by atoms with Crippen LogP contribution in [0.1, 0.15) is 31.7 Å². The van der Waals surface area contributed by atoms with Gasteiger partial charge < -0.3 is 9.64 Å². The van der Waals surface area contributed by atoms with Crippen molar-refractivity contribution in [2.24, 2.45) is 0 Å². The third-order valence-electron chi connectivity index (χ3n) is 2.96. The van der Waals surface area contributed by atoms with Crippen LogP contribution in [-0.2, 0) is 4.79 Å². The Morgan fingerprint density at radius 3 is 2.81 bits per heavy atom. The molecular formula is C13H17NO2. The minimum atomic E-state index is 0.111.